The van der Waals surface area contributed by atoms with Crippen molar-refractivity contribution >= 4 is 17.5 Å². The number of rotatable bonds is 9. The molecule has 0 aliphatic heterocycles. The average molecular weight is 293 g/mol. The van der Waals surface area contributed by atoms with Crippen LogP contribution in [0, 0.1) is 6.92 Å². The molecular weight excluding hydrogens is 270 g/mol. The molecule has 0 aromatic heterocycles. The van der Waals surface area contributed by atoms with E-state index in [9.17, 15) is 9.59 Å². The fraction of sp³-hybridized carbons (Fsp3) is 0.467. The van der Waals surface area contributed by atoms with Crippen LogP contribution in [0.4, 0.5) is 5.69 Å². The van der Waals surface area contributed by atoms with Gasteiger partial charge in [-0.1, -0.05) is 6.92 Å². The Balaban J connectivity index is 2.45. The van der Waals surface area contributed by atoms with Crippen molar-refractivity contribution < 1.29 is 14.3 Å². The molecule has 0 saturated heterocycles. The van der Waals surface area contributed by atoms with E-state index in [1.165, 1.54) is 0 Å². The van der Waals surface area contributed by atoms with Crippen molar-refractivity contribution in [2.75, 3.05) is 31.6 Å². The number of hydrogen-bond donors (Lipinski definition) is 3. The van der Waals surface area contributed by atoms with Crippen LogP contribution >= 0.6 is 0 Å². The Morgan fingerprint density at radius 3 is 2.67 bits per heavy atom. The van der Waals surface area contributed by atoms with Crippen molar-refractivity contribution in [3.05, 3.63) is 29.3 Å². The van der Waals surface area contributed by atoms with Crippen molar-refractivity contribution in [2.24, 2.45) is 5.73 Å². The van der Waals surface area contributed by atoms with Gasteiger partial charge in [0.2, 0.25) is 5.91 Å². The van der Waals surface area contributed by atoms with Gasteiger partial charge < -0.3 is 21.1 Å². The number of carbonyl (C=O) groups is 2. The Morgan fingerprint density at radius 2 is 2.05 bits per heavy atom. The first-order chi connectivity index (χ1) is 10.0. The number of hydrogen-bond acceptors (Lipinski definition) is 4. The molecule has 116 valence electrons. The maximum absolute atomic E-state index is 12.0. The summed E-state index contributed by atoms with van der Waals surface area (Å²) in [7, 11) is 0. The quantitative estimate of drug-likeness (QED) is 0.593. The van der Waals surface area contributed by atoms with Crippen LogP contribution in [0.2, 0.25) is 0 Å². The monoisotopic (exact) mass is 293 g/mol. The van der Waals surface area contributed by atoms with E-state index in [1.54, 1.807) is 6.07 Å². The van der Waals surface area contributed by atoms with E-state index in [0.717, 1.165) is 24.2 Å². The van der Waals surface area contributed by atoms with E-state index in [4.69, 9.17) is 10.5 Å². The second-order valence-corrected chi connectivity index (χ2v) is 4.73. The molecule has 0 radical (unpaired) electrons. The van der Waals surface area contributed by atoms with Crippen LogP contribution in [0.5, 0.6) is 0 Å². The lowest BCUT2D eigenvalue weighted by Crippen LogP contribution is -2.29. The zero-order valence-electron chi connectivity index (χ0n) is 12.6. The Kier molecular flexibility index (Phi) is 7.25. The van der Waals surface area contributed by atoms with Crippen LogP contribution in [-0.2, 0) is 9.53 Å². The summed E-state index contributed by atoms with van der Waals surface area (Å²) in [5.41, 5.74) is 7.49. The number of benzene rings is 1. The van der Waals surface area contributed by atoms with Crippen LogP contribution in [0.1, 0.15) is 29.3 Å². The third-order valence-electron chi connectivity index (χ3n) is 2.83. The fourth-order valence-electron chi connectivity index (χ4n) is 1.80. The highest BCUT2D eigenvalue weighted by atomic mass is 16.5. The maximum atomic E-state index is 12.0. The fourth-order valence-corrected chi connectivity index (χ4v) is 1.80. The van der Waals surface area contributed by atoms with Gasteiger partial charge in [-0.2, -0.15) is 0 Å². The minimum Gasteiger partial charge on any atom is -0.385 e. The van der Waals surface area contributed by atoms with Gasteiger partial charge in [0.05, 0.1) is 6.61 Å². The molecule has 0 aliphatic carbocycles. The van der Waals surface area contributed by atoms with E-state index in [2.05, 4.69) is 17.6 Å². The molecule has 1 aromatic carbocycles. The summed E-state index contributed by atoms with van der Waals surface area (Å²) in [6, 6.07) is 5.64. The van der Waals surface area contributed by atoms with Crippen molar-refractivity contribution in [1.82, 2.24) is 5.32 Å². The van der Waals surface area contributed by atoms with Gasteiger partial charge >= 0.3 is 0 Å². The van der Waals surface area contributed by atoms with Gasteiger partial charge in [0, 0.05) is 24.3 Å². The zero-order chi connectivity index (χ0) is 15.7. The summed E-state index contributed by atoms with van der Waals surface area (Å²) >= 11 is 0. The summed E-state index contributed by atoms with van der Waals surface area (Å²) in [6.45, 7) is 5.36. The van der Waals surface area contributed by atoms with Gasteiger partial charge in [0.25, 0.3) is 5.91 Å². The van der Waals surface area contributed by atoms with Crippen LogP contribution in [0.25, 0.3) is 0 Å². The highest BCUT2D eigenvalue weighted by Gasteiger charge is 2.08. The van der Waals surface area contributed by atoms with Crippen molar-refractivity contribution in [3.8, 4) is 0 Å². The maximum Gasteiger partial charge on any atom is 0.251 e. The van der Waals surface area contributed by atoms with Crippen LogP contribution in [-0.4, -0.2) is 38.1 Å². The normalized spacial score (nSPS) is 10.2. The van der Waals surface area contributed by atoms with E-state index < -0.39 is 5.91 Å². The second kappa shape index (κ2) is 8.97. The molecule has 0 fully saturated rings. The number of amides is 2. The van der Waals surface area contributed by atoms with Crippen LogP contribution < -0.4 is 16.4 Å². The zero-order valence-corrected chi connectivity index (χ0v) is 12.6. The number of ether oxygens (including phenoxy) is 1. The molecule has 0 saturated carbocycles. The molecule has 0 heterocycles. The van der Waals surface area contributed by atoms with E-state index in [-0.39, 0.29) is 19.1 Å². The first kappa shape index (κ1) is 17.0. The summed E-state index contributed by atoms with van der Waals surface area (Å²) in [5, 5.41) is 6.02. The van der Waals surface area contributed by atoms with Crippen molar-refractivity contribution in [1.29, 1.82) is 0 Å². The molecule has 6 nitrogen and oxygen atoms in total. The Morgan fingerprint density at radius 1 is 1.29 bits per heavy atom. The van der Waals surface area contributed by atoms with Gasteiger partial charge in [0.15, 0.2) is 0 Å². The Bertz CT molecular complexity index is 489. The molecular formula is C15H23N3O3. The number of nitrogens with two attached hydrogens (primary N) is 1. The van der Waals surface area contributed by atoms with Gasteiger partial charge in [-0.25, -0.2) is 0 Å². The van der Waals surface area contributed by atoms with Crippen molar-refractivity contribution in [3.63, 3.8) is 0 Å². The molecule has 1 rings (SSSR count). The molecule has 4 N–H and O–H groups in total. The lowest BCUT2D eigenvalue weighted by Gasteiger charge is -2.10. The standard InChI is InChI=1S/C15H23N3O3/c1-3-6-17-12-4-5-13(11(2)9-12)15(20)18-7-8-21-10-14(16)19/h4-5,9,17H,3,6-8,10H2,1-2H3,(H2,16,19)(H,18,20). The largest absolute Gasteiger partial charge is 0.385 e. The van der Waals surface area contributed by atoms with Gasteiger partial charge in [0.1, 0.15) is 6.61 Å². The number of carbonyl (C=O) groups excluding carboxylic acids is 2. The van der Waals surface area contributed by atoms with Gasteiger partial charge in [-0.05, 0) is 37.1 Å². The Hall–Kier alpha value is -2.08. The first-order valence-corrected chi connectivity index (χ1v) is 7.03. The lowest BCUT2D eigenvalue weighted by atomic mass is 10.1. The highest BCUT2D eigenvalue weighted by molar-refractivity contribution is 5.96. The number of nitrogens with one attached hydrogen (secondary N) is 2. The third-order valence-corrected chi connectivity index (χ3v) is 2.83. The minimum atomic E-state index is -0.521. The highest BCUT2D eigenvalue weighted by Crippen LogP contribution is 2.15. The number of anilines is 1. The molecule has 2 amide bonds. The summed E-state index contributed by atoms with van der Waals surface area (Å²) in [5.74, 6) is -0.676. The topological polar surface area (TPSA) is 93.4 Å². The molecule has 0 atom stereocenters. The number of aryl methyl sites for hydroxylation is 1. The molecule has 0 bridgehead atoms. The predicted octanol–water partition coefficient (Wildman–Crippen LogP) is 1.05. The third kappa shape index (κ3) is 6.27. The van der Waals surface area contributed by atoms with Gasteiger partial charge in [-0.3, -0.25) is 9.59 Å². The molecule has 0 aliphatic rings. The molecule has 6 heteroatoms. The smallest absolute Gasteiger partial charge is 0.251 e. The van der Waals surface area contributed by atoms with E-state index in [1.807, 2.05) is 19.1 Å². The van der Waals surface area contributed by atoms with Crippen molar-refractivity contribution in [2.45, 2.75) is 20.3 Å². The van der Waals surface area contributed by atoms with E-state index in [0.29, 0.717) is 12.1 Å². The van der Waals surface area contributed by atoms with E-state index >= 15 is 0 Å². The molecule has 21 heavy (non-hydrogen) atoms. The summed E-state index contributed by atoms with van der Waals surface area (Å²) in [4.78, 5) is 22.5. The Labute approximate surface area is 125 Å². The number of primary amides is 1. The average Bonchev–Trinajstić information content (AvgIpc) is 2.44. The molecule has 0 spiro atoms. The SMILES string of the molecule is CCCNc1ccc(C(=O)NCCOCC(N)=O)c(C)c1. The summed E-state index contributed by atoms with van der Waals surface area (Å²) in [6.07, 6.45) is 1.05. The lowest BCUT2D eigenvalue weighted by molar-refractivity contribution is -0.122. The predicted molar refractivity (Wildman–Crippen MR) is 82.3 cm³/mol. The molecule has 0 unspecified atom stereocenters. The minimum absolute atomic E-state index is 0.132. The molecule has 1 aromatic rings. The summed E-state index contributed by atoms with van der Waals surface area (Å²) < 4.78 is 4.98. The van der Waals surface area contributed by atoms with Gasteiger partial charge in [-0.15, -0.1) is 0 Å². The van der Waals surface area contributed by atoms with Crippen LogP contribution in [0.3, 0.4) is 0 Å². The second-order valence-electron chi connectivity index (χ2n) is 4.73. The van der Waals surface area contributed by atoms with Crippen LogP contribution in [0.15, 0.2) is 18.2 Å². The first-order valence-electron chi connectivity index (χ1n) is 7.03.